The number of esters is 1. The van der Waals surface area contributed by atoms with E-state index in [9.17, 15) is 19.8 Å². The molecule has 1 fully saturated rings. The highest BCUT2D eigenvalue weighted by Crippen LogP contribution is 2.41. The number of hydrogen-bond donors (Lipinski definition) is 3. The van der Waals surface area contributed by atoms with Crippen molar-refractivity contribution in [3.8, 4) is 0 Å². The summed E-state index contributed by atoms with van der Waals surface area (Å²) >= 11 is 8.90. The Hall–Kier alpha value is -1.42. The summed E-state index contributed by atoms with van der Waals surface area (Å²) in [5, 5.41) is 20.1. The van der Waals surface area contributed by atoms with E-state index in [1.807, 2.05) is 0 Å². The van der Waals surface area contributed by atoms with Gasteiger partial charge in [-0.15, -0.1) is 12.6 Å². The molecule has 2 rings (SSSR count). The van der Waals surface area contributed by atoms with Crippen molar-refractivity contribution < 1.29 is 29.3 Å². The fourth-order valence-corrected chi connectivity index (χ4v) is 3.46. The first-order valence-electron chi connectivity index (χ1n) is 6.84. The van der Waals surface area contributed by atoms with Crippen LogP contribution in [0, 0.1) is 5.92 Å². The molecule has 1 saturated heterocycles. The molecule has 2 N–H and O–H groups in total. The van der Waals surface area contributed by atoms with E-state index >= 15 is 0 Å². The second-order valence-electron chi connectivity index (χ2n) is 5.16. The van der Waals surface area contributed by atoms with Crippen molar-refractivity contribution in [2.75, 3.05) is 13.7 Å². The van der Waals surface area contributed by atoms with Gasteiger partial charge in [-0.05, 0) is 18.6 Å². The van der Waals surface area contributed by atoms with Gasteiger partial charge < -0.3 is 24.6 Å². The number of nitrogens with zero attached hydrogens (tertiary/aromatic N) is 1. The predicted molar refractivity (Wildman–Crippen MR) is 87.3 cm³/mol. The molecule has 2 aliphatic heterocycles. The van der Waals surface area contributed by atoms with Crippen molar-refractivity contribution in [3.63, 3.8) is 0 Å². The Kier molecular flexibility index (Phi) is 5.45. The van der Waals surface area contributed by atoms with Gasteiger partial charge in [0.15, 0.2) is 17.6 Å². The molecule has 9 heteroatoms. The van der Waals surface area contributed by atoms with Gasteiger partial charge in [0, 0.05) is 6.42 Å². The minimum absolute atomic E-state index is 0.0167. The van der Waals surface area contributed by atoms with Gasteiger partial charge in [-0.2, -0.15) is 0 Å². The Morgan fingerprint density at radius 2 is 2.35 bits per heavy atom. The molecule has 7 nitrogen and oxygen atoms in total. The van der Waals surface area contributed by atoms with E-state index in [4.69, 9.17) is 21.7 Å². The summed E-state index contributed by atoms with van der Waals surface area (Å²) in [4.78, 5) is 25.8. The number of thiocarbonyl (C=S) groups is 1. The van der Waals surface area contributed by atoms with Crippen LogP contribution in [-0.4, -0.2) is 56.7 Å². The molecule has 2 aliphatic rings. The highest BCUT2D eigenvalue weighted by atomic mass is 32.1. The standard InChI is InChI=1S/C14H17NO6S2/c1-20-12(19)14(7-16)9(6-8-4-2-3-5-21-8)10(17)11(18)15(14)13(22)23/h3-5,9,11,16,18H,2,6-7H2,1H3,(H,22,23). The molecule has 2 heterocycles. The van der Waals surface area contributed by atoms with Gasteiger partial charge in [-0.25, -0.2) is 4.79 Å². The van der Waals surface area contributed by atoms with Gasteiger partial charge in [0.1, 0.15) is 10.1 Å². The molecule has 0 bridgehead atoms. The third-order valence-corrected chi connectivity index (χ3v) is 4.45. The smallest absolute Gasteiger partial charge is 0.335 e. The maximum absolute atomic E-state index is 12.5. The van der Waals surface area contributed by atoms with Crippen molar-refractivity contribution in [1.29, 1.82) is 0 Å². The molecule has 3 atom stereocenters. The Balaban J connectivity index is 2.47. The first-order valence-corrected chi connectivity index (χ1v) is 7.69. The summed E-state index contributed by atoms with van der Waals surface area (Å²) < 4.78 is 9.88. The molecular weight excluding hydrogens is 342 g/mol. The number of hydrogen-bond acceptors (Lipinski definition) is 7. The summed E-state index contributed by atoms with van der Waals surface area (Å²) in [6.07, 6.45) is 3.96. The number of rotatable bonds is 4. The fraction of sp³-hybridized carbons (Fsp3) is 0.500. The van der Waals surface area contributed by atoms with Crippen LogP contribution in [0.1, 0.15) is 12.8 Å². The molecule has 0 aromatic carbocycles. The Bertz CT molecular complexity index is 590. The molecule has 0 spiro atoms. The molecule has 3 unspecified atom stereocenters. The lowest BCUT2D eigenvalue weighted by Crippen LogP contribution is -2.60. The summed E-state index contributed by atoms with van der Waals surface area (Å²) in [6, 6.07) is 0. The number of carbonyl (C=O) groups is 2. The molecular formula is C14H17NO6S2. The normalized spacial score (nSPS) is 30.0. The quantitative estimate of drug-likeness (QED) is 0.370. The largest absolute Gasteiger partial charge is 0.470 e. The Labute approximate surface area is 144 Å². The number of allylic oxidation sites excluding steroid dienone is 3. The van der Waals surface area contributed by atoms with Crippen LogP contribution in [0.2, 0.25) is 0 Å². The monoisotopic (exact) mass is 359 g/mol. The lowest BCUT2D eigenvalue weighted by atomic mass is 9.81. The second kappa shape index (κ2) is 7.00. The summed E-state index contributed by atoms with van der Waals surface area (Å²) in [5.41, 5.74) is -1.84. The highest BCUT2D eigenvalue weighted by Gasteiger charge is 2.64. The molecule has 0 radical (unpaired) electrons. The van der Waals surface area contributed by atoms with Crippen LogP contribution in [0.3, 0.4) is 0 Å². The van der Waals surface area contributed by atoms with Crippen molar-refractivity contribution >= 4 is 40.9 Å². The zero-order valence-corrected chi connectivity index (χ0v) is 14.0. The van der Waals surface area contributed by atoms with Crippen LogP contribution in [0.15, 0.2) is 24.2 Å². The van der Waals surface area contributed by atoms with Gasteiger partial charge in [0.25, 0.3) is 0 Å². The molecule has 0 aliphatic carbocycles. The fourth-order valence-electron chi connectivity index (χ4n) is 2.91. The van der Waals surface area contributed by atoms with Crippen LogP contribution < -0.4 is 0 Å². The minimum Gasteiger partial charge on any atom is -0.470 e. The van der Waals surface area contributed by atoms with Gasteiger partial charge in [-0.1, -0.05) is 12.2 Å². The van der Waals surface area contributed by atoms with Crippen LogP contribution >= 0.6 is 24.8 Å². The summed E-state index contributed by atoms with van der Waals surface area (Å²) in [7, 11) is 1.13. The van der Waals surface area contributed by atoms with Crippen molar-refractivity contribution in [2.45, 2.75) is 24.6 Å². The average molecular weight is 359 g/mol. The number of thiol groups is 1. The zero-order valence-electron chi connectivity index (χ0n) is 12.3. The lowest BCUT2D eigenvalue weighted by Gasteiger charge is -2.38. The number of likely N-dealkylation sites (tertiary alicyclic amines) is 1. The van der Waals surface area contributed by atoms with Crippen LogP contribution in [0.5, 0.6) is 0 Å². The van der Waals surface area contributed by atoms with Gasteiger partial charge >= 0.3 is 5.97 Å². The van der Waals surface area contributed by atoms with Crippen molar-refractivity contribution in [3.05, 3.63) is 24.2 Å². The SMILES string of the molecule is COC(=O)C1(CO)C(CC2=CCC=CO2)C(=O)C(O)N1C(=S)S. The number of aliphatic hydroxyl groups is 2. The minimum atomic E-state index is -1.84. The molecule has 0 amide bonds. The average Bonchev–Trinajstić information content (AvgIpc) is 2.77. The topological polar surface area (TPSA) is 96.3 Å². The Morgan fingerprint density at radius 1 is 1.65 bits per heavy atom. The number of aliphatic hydroxyl groups excluding tert-OH is 2. The van der Waals surface area contributed by atoms with Crippen molar-refractivity contribution in [2.24, 2.45) is 5.92 Å². The number of ketones is 1. The van der Waals surface area contributed by atoms with E-state index in [1.54, 1.807) is 12.2 Å². The molecule has 0 aromatic heterocycles. The second-order valence-corrected chi connectivity index (χ2v) is 6.27. The van der Waals surface area contributed by atoms with Crippen LogP contribution in [0.25, 0.3) is 0 Å². The van der Waals surface area contributed by atoms with Gasteiger partial charge in [-0.3, -0.25) is 4.79 Å². The predicted octanol–water partition coefficient (Wildman–Crippen LogP) is 0.132. The van der Waals surface area contributed by atoms with Crippen molar-refractivity contribution in [1.82, 2.24) is 4.90 Å². The number of carbonyl (C=O) groups excluding carboxylic acids is 2. The third kappa shape index (κ3) is 2.89. The lowest BCUT2D eigenvalue weighted by molar-refractivity contribution is -0.158. The van der Waals surface area contributed by atoms with Crippen LogP contribution in [0.4, 0.5) is 0 Å². The first kappa shape index (κ1) is 17.9. The number of Topliss-reactive ketones (excluding diaryl/α,β-unsaturated/α-hetero) is 1. The van der Waals surface area contributed by atoms with Gasteiger partial charge in [0.2, 0.25) is 0 Å². The highest BCUT2D eigenvalue weighted by molar-refractivity contribution is 8.10. The Morgan fingerprint density at radius 3 is 2.83 bits per heavy atom. The third-order valence-electron chi connectivity index (χ3n) is 4.04. The van der Waals surface area contributed by atoms with E-state index in [0.717, 1.165) is 12.0 Å². The first-order chi connectivity index (χ1) is 10.9. The zero-order chi connectivity index (χ0) is 17.2. The summed E-state index contributed by atoms with van der Waals surface area (Å²) in [5.74, 6) is -2.15. The molecule has 0 aromatic rings. The van der Waals surface area contributed by atoms with E-state index < -0.39 is 36.0 Å². The van der Waals surface area contributed by atoms with Crippen LogP contribution in [-0.2, 0) is 19.1 Å². The van der Waals surface area contributed by atoms with E-state index in [1.165, 1.54) is 6.26 Å². The maximum atomic E-state index is 12.5. The van der Waals surface area contributed by atoms with E-state index in [2.05, 4.69) is 12.6 Å². The van der Waals surface area contributed by atoms with E-state index in [0.29, 0.717) is 12.2 Å². The van der Waals surface area contributed by atoms with E-state index in [-0.39, 0.29) is 10.7 Å². The maximum Gasteiger partial charge on any atom is 0.335 e. The number of ether oxygens (including phenoxy) is 2. The molecule has 0 saturated carbocycles. The van der Waals surface area contributed by atoms with Gasteiger partial charge in [0.05, 0.1) is 25.9 Å². The number of methoxy groups -OCH3 is 1. The summed E-state index contributed by atoms with van der Waals surface area (Å²) in [6.45, 7) is -0.767. The molecule has 23 heavy (non-hydrogen) atoms. The molecule has 126 valence electrons.